The molecule has 1 N–H and O–H groups in total. The maximum atomic E-state index is 13.9. The van der Waals surface area contributed by atoms with E-state index in [-0.39, 0.29) is 17.3 Å². The van der Waals surface area contributed by atoms with Crippen LogP contribution in [-0.4, -0.2) is 51.4 Å². The minimum atomic E-state index is -4.10. The lowest BCUT2D eigenvalue weighted by molar-refractivity contribution is -0.139. The van der Waals surface area contributed by atoms with Gasteiger partial charge in [-0.2, -0.15) is 0 Å². The van der Waals surface area contributed by atoms with Crippen molar-refractivity contribution < 1.29 is 22.7 Å². The van der Waals surface area contributed by atoms with Crippen LogP contribution in [0.1, 0.15) is 31.4 Å². The van der Waals surface area contributed by atoms with Gasteiger partial charge >= 0.3 is 0 Å². The fraction of sp³-hybridized carbons (Fsp3) is 0.310. The zero-order chi connectivity index (χ0) is 27.7. The number of ether oxygens (including phenoxy) is 1. The molecule has 8 nitrogen and oxygen atoms in total. The highest BCUT2D eigenvalue weighted by Gasteiger charge is 2.32. The summed E-state index contributed by atoms with van der Waals surface area (Å²) < 4.78 is 33.8. The number of benzene rings is 3. The van der Waals surface area contributed by atoms with Gasteiger partial charge in [0.15, 0.2) is 0 Å². The summed E-state index contributed by atoms with van der Waals surface area (Å²) in [4.78, 5) is 28.2. The van der Waals surface area contributed by atoms with Crippen LogP contribution in [0, 0.1) is 6.92 Å². The number of aryl methyl sites for hydroxylation is 1. The van der Waals surface area contributed by atoms with E-state index < -0.39 is 28.5 Å². The van der Waals surface area contributed by atoms with Crippen molar-refractivity contribution in [3.63, 3.8) is 0 Å². The van der Waals surface area contributed by atoms with Crippen molar-refractivity contribution in [1.82, 2.24) is 10.2 Å². The molecule has 0 bridgehead atoms. The smallest absolute Gasteiger partial charge is 0.264 e. The third kappa shape index (κ3) is 7.13. The van der Waals surface area contributed by atoms with Gasteiger partial charge in [-0.05, 0) is 62.2 Å². The van der Waals surface area contributed by atoms with Crippen molar-refractivity contribution in [2.45, 2.75) is 44.7 Å². The molecule has 0 aliphatic rings. The molecule has 2 amide bonds. The van der Waals surface area contributed by atoms with Gasteiger partial charge in [-0.15, -0.1) is 0 Å². The summed E-state index contributed by atoms with van der Waals surface area (Å²) in [5.74, 6) is -0.241. The van der Waals surface area contributed by atoms with Gasteiger partial charge in [-0.3, -0.25) is 13.9 Å². The molecule has 202 valence electrons. The number of hydrogen-bond donors (Lipinski definition) is 1. The van der Waals surface area contributed by atoms with Gasteiger partial charge < -0.3 is 15.0 Å². The second-order valence-corrected chi connectivity index (χ2v) is 10.9. The Balaban J connectivity index is 2.01. The molecule has 0 radical (unpaired) electrons. The largest absolute Gasteiger partial charge is 0.497 e. The van der Waals surface area contributed by atoms with Crippen LogP contribution in [0.4, 0.5) is 5.69 Å². The van der Waals surface area contributed by atoms with Crippen molar-refractivity contribution in [3.05, 3.63) is 90.0 Å². The van der Waals surface area contributed by atoms with Gasteiger partial charge in [0.2, 0.25) is 11.8 Å². The first-order valence-electron chi connectivity index (χ1n) is 12.5. The van der Waals surface area contributed by atoms with Crippen LogP contribution in [0.15, 0.2) is 83.8 Å². The molecule has 3 aromatic carbocycles. The summed E-state index contributed by atoms with van der Waals surface area (Å²) >= 11 is 0. The lowest BCUT2D eigenvalue weighted by Crippen LogP contribution is -2.51. The Morgan fingerprint density at radius 3 is 2.26 bits per heavy atom. The van der Waals surface area contributed by atoms with Crippen LogP contribution in [0.25, 0.3) is 0 Å². The van der Waals surface area contributed by atoms with E-state index in [9.17, 15) is 18.0 Å². The Morgan fingerprint density at radius 2 is 1.66 bits per heavy atom. The van der Waals surface area contributed by atoms with Crippen LogP contribution in [0.3, 0.4) is 0 Å². The molecule has 1 atom stereocenters. The second-order valence-electron chi connectivity index (χ2n) is 9.00. The number of nitrogens with one attached hydrogen (secondary N) is 1. The number of hydrogen-bond acceptors (Lipinski definition) is 5. The molecule has 0 heterocycles. The van der Waals surface area contributed by atoms with Crippen molar-refractivity contribution >= 4 is 27.5 Å². The van der Waals surface area contributed by atoms with Crippen molar-refractivity contribution in [1.29, 1.82) is 0 Å². The topological polar surface area (TPSA) is 96.0 Å². The van der Waals surface area contributed by atoms with E-state index >= 15 is 0 Å². The summed E-state index contributed by atoms with van der Waals surface area (Å²) in [6.07, 6.45) is 0.755. The van der Waals surface area contributed by atoms with E-state index in [0.29, 0.717) is 18.0 Å². The molecule has 38 heavy (non-hydrogen) atoms. The van der Waals surface area contributed by atoms with Gasteiger partial charge in [0.25, 0.3) is 10.0 Å². The number of amides is 2. The van der Waals surface area contributed by atoms with E-state index in [2.05, 4.69) is 5.32 Å². The van der Waals surface area contributed by atoms with Gasteiger partial charge in [0.05, 0.1) is 17.7 Å². The predicted octanol–water partition coefficient (Wildman–Crippen LogP) is 4.14. The van der Waals surface area contributed by atoms with Crippen LogP contribution in [0.5, 0.6) is 5.75 Å². The molecule has 0 aromatic heterocycles. The van der Waals surface area contributed by atoms with Crippen LogP contribution < -0.4 is 14.4 Å². The van der Waals surface area contributed by atoms with Gasteiger partial charge in [-0.25, -0.2) is 8.42 Å². The summed E-state index contributed by atoms with van der Waals surface area (Å²) in [5.41, 5.74) is 2.17. The van der Waals surface area contributed by atoms with Gasteiger partial charge in [0, 0.05) is 13.1 Å². The molecule has 3 aromatic rings. The highest BCUT2D eigenvalue weighted by molar-refractivity contribution is 7.92. The molecule has 0 saturated heterocycles. The Kier molecular flexibility index (Phi) is 9.90. The van der Waals surface area contributed by atoms with Gasteiger partial charge in [0.1, 0.15) is 18.3 Å². The average Bonchev–Trinajstić information content (AvgIpc) is 2.93. The van der Waals surface area contributed by atoms with Crippen LogP contribution in [0.2, 0.25) is 0 Å². The molecule has 0 saturated carbocycles. The third-order valence-electron chi connectivity index (χ3n) is 6.12. The lowest BCUT2D eigenvalue weighted by Gasteiger charge is -2.32. The monoisotopic (exact) mass is 537 g/mol. The van der Waals surface area contributed by atoms with Gasteiger partial charge in [-0.1, -0.05) is 55.0 Å². The molecular weight excluding hydrogens is 502 g/mol. The molecule has 0 fully saturated rings. The summed E-state index contributed by atoms with van der Waals surface area (Å²) in [6.45, 7) is 5.70. The number of sulfonamides is 1. The Bertz CT molecular complexity index is 1330. The third-order valence-corrected chi connectivity index (χ3v) is 7.91. The number of nitrogens with zero attached hydrogens (tertiary/aromatic N) is 2. The van der Waals surface area contributed by atoms with Crippen LogP contribution >= 0.6 is 0 Å². The Labute approximate surface area is 225 Å². The quantitative estimate of drug-likeness (QED) is 0.375. The molecule has 9 heteroatoms. The van der Waals surface area contributed by atoms with E-state index in [0.717, 1.165) is 21.9 Å². The van der Waals surface area contributed by atoms with E-state index in [1.165, 1.54) is 24.1 Å². The molecule has 0 spiro atoms. The van der Waals surface area contributed by atoms with E-state index in [4.69, 9.17) is 4.74 Å². The molecule has 3 rings (SSSR count). The highest BCUT2D eigenvalue weighted by atomic mass is 32.2. The van der Waals surface area contributed by atoms with Crippen molar-refractivity contribution in [2.75, 3.05) is 24.5 Å². The first-order chi connectivity index (χ1) is 18.2. The van der Waals surface area contributed by atoms with Crippen molar-refractivity contribution in [2.24, 2.45) is 0 Å². The number of carbonyl (C=O) groups excluding carboxylic acids is 2. The summed E-state index contributed by atoms with van der Waals surface area (Å²) in [7, 11) is -2.58. The average molecular weight is 538 g/mol. The first kappa shape index (κ1) is 28.7. The van der Waals surface area contributed by atoms with E-state index in [1.54, 1.807) is 49.4 Å². The minimum absolute atomic E-state index is 0.0580. The Morgan fingerprint density at radius 1 is 0.974 bits per heavy atom. The normalized spacial score (nSPS) is 11.9. The maximum Gasteiger partial charge on any atom is 0.264 e. The molecule has 0 aliphatic carbocycles. The van der Waals surface area contributed by atoms with Crippen LogP contribution in [-0.2, 0) is 26.2 Å². The summed E-state index contributed by atoms with van der Waals surface area (Å²) in [6, 6.07) is 21.3. The molecule has 1 unspecified atom stereocenters. The predicted molar refractivity (Wildman–Crippen MR) is 148 cm³/mol. The number of anilines is 1. The fourth-order valence-corrected chi connectivity index (χ4v) is 5.42. The van der Waals surface area contributed by atoms with Crippen molar-refractivity contribution in [3.8, 4) is 5.75 Å². The number of carbonyl (C=O) groups is 2. The second kappa shape index (κ2) is 13.1. The molecule has 0 aliphatic heterocycles. The lowest BCUT2D eigenvalue weighted by atomic mass is 10.1. The standard InChI is InChI=1S/C29H35N3O5S/c1-5-18-30-29(34)23(3)31(20-24-11-9-10-22(2)19-24)28(33)21-32(25-14-16-26(37-4)17-15-25)38(35,36)27-12-7-6-8-13-27/h6-17,19,23H,5,18,20-21H2,1-4H3,(H,30,34). The zero-order valence-electron chi connectivity index (χ0n) is 22.3. The van der Waals surface area contributed by atoms with E-state index in [1.807, 2.05) is 38.1 Å². The fourth-order valence-electron chi connectivity index (χ4n) is 3.98. The zero-order valence-corrected chi connectivity index (χ0v) is 23.1. The number of methoxy groups -OCH3 is 1. The number of rotatable bonds is 12. The Hall–Kier alpha value is -3.85. The molecular formula is C29H35N3O5S. The SMILES string of the molecule is CCCNC(=O)C(C)N(Cc1cccc(C)c1)C(=O)CN(c1ccc(OC)cc1)S(=O)(=O)c1ccccc1. The summed E-state index contributed by atoms with van der Waals surface area (Å²) in [5, 5.41) is 2.84. The first-order valence-corrected chi connectivity index (χ1v) is 14.0. The maximum absolute atomic E-state index is 13.9. The highest BCUT2D eigenvalue weighted by Crippen LogP contribution is 2.26. The minimum Gasteiger partial charge on any atom is -0.497 e.